The number of imidazole rings is 1. The van der Waals surface area contributed by atoms with E-state index in [1.54, 1.807) is 16.7 Å². The average molecular weight is 301 g/mol. The minimum atomic E-state index is -3.08. The Kier molecular flexibility index (Phi) is 3.82. The van der Waals surface area contributed by atoms with Gasteiger partial charge in [0, 0.05) is 0 Å². The van der Waals surface area contributed by atoms with Crippen LogP contribution in [0.25, 0.3) is 11.0 Å². The fraction of sp³-hybridized carbons (Fsp3) is 0.125. The van der Waals surface area contributed by atoms with Crippen molar-refractivity contribution in [2.75, 3.05) is 5.32 Å². The van der Waals surface area contributed by atoms with E-state index in [-0.39, 0.29) is 5.95 Å². The maximum atomic E-state index is 12.5. The largest absolute Gasteiger partial charge is 0.315 e. The molecule has 0 aliphatic rings. The van der Waals surface area contributed by atoms with Gasteiger partial charge in [-0.3, -0.25) is 10.1 Å². The van der Waals surface area contributed by atoms with Crippen LogP contribution in [0.5, 0.6) is 0 Å². The lowest BCUT2D eigenvalue weighted by Gasteiger charge is -2.10. The van der Waals surface area contributed by atoms with E-state index < -0.39 is 12.3 Å². The van der Waals surface area contributed by atoms with Crippen LogP contribution in [0.1, 0.15) is 5.56 Å². The van der Waals surface area contributed by atoms with Gasteiger partial charge in [-0.2, -0.15) is 8.78 Å². The predicted octanol–water partition coefficient (Wildman–Crippen LogP) is 3.29. The van der Waals surface area contributed by atoms with Gasteiger partial charge in [0.05, 0.1) is 17.6 Å². The Hall–Kier alpha value is -2.76. The molecule has 3 aromatic rings. The number of carbonyl (C=O) groups is 1. The van der Waals surface area contributed by atoms with Crippen molar-refractivity contribution in [1.82, 2.24) is 9.55 Å². The Morgan fingerprint density at radius 1 is 1.09 bits per heavy atom. The van der Waals surface area contributed by atoms with E-state index in [2.05, 4.69) is 10.3 Å². The van der Waals surface area contributed by atoms with Gasteiger partial charge in [-0.15, -0.1) is 0 Å². The van der Waals surface area contributed by atoms with Crippen LogP contribution in [0.4, 0.5) is 14.7 Å². The van der Waals surface area contributed by atoms with E-state index in [0.29, 0.717) is 12.1 Å². The number of nitrogens with one attached hydrogen (secondary N) is 1. The summed E-state index contributed by atoms with van der Waals surface area (Å²) in [4.78, 5) is 15.5. The molecule has 0 saturated heterocycles. The Balaban J connectivity index is 2.03. The maximum absolute atomic E-state index is 12.5. The second kappa shape index (κ2) is 5.93. The Bertz CT molecular complexity index is 800. The zero-order chi connectivity index (χ0) is 15.5. The number of anilines is 1. The van der Waals surface area contributed by atoms with E-state index in [1.807, 2.05) is 42.5 Å². The number of benzene rings is 2. The maximum Gasteiger partial charge on any atom is 0.315 e. The minimum absolute atomic E-state index is 0.121. The van der Waals surface area contributed by atoms with Crippen molar-refractivity contribution in [3.05, 3.63) is 60.2 Å². The van der Waals surface area contributed by atoms with Crippen molar-refractivity contribution < 1.29 is 13.6 Å². The fourth-order valence-corrected chi connectivity index (χ4v) is 2.26. The first-order valence-electron chi connectivity index (χ1n) is 6.73. The van der Waals surface area contributed by atoms with Gasteiger partial charge in [0.25, 0.3) is 5.91 Å². The molecule has 0 fully saturated rings. The number of rotatable bonds is 4. The molecular formula is C16H13F2N3O. The van der Waals surface area contributed by atoms with E-state index >= 15 is 0 Å². The normalized spacial score (nSPS) is 11.0. The van der Waals surface area contributed by atoms with E-state index in [1.165, 1.54) is 0 Å². The number of hydrogen-bond acceptors (Lipinski definition) is 2. The van der Waals surface area contributed by atoms with Crippen molar-refractivity contribution in [3.63, 3.8) is 0 Å². The number of alkyl halides is 2. The molecule has 6 heteroatoms. The lowest BCUT2D eigenvalue weighted by atomic mass is 10.2. The number of carbonyl (C=O) groups excluding carboxylic acids is 1. The minimum Gasteiger partial charge on any atom is -0.305 e. The van der Waals surface area contributed by atoms with Crippen LogP contribution in [-0.4, -0.2) is 21.9 Å². The number of aromatic nitrogens is 2. The van der Waals surface area contributed by atoms with Gasteiger partial charge >= 0.3 is 6.43 Å². The number of halogens is 2. The molecule has 3 rings (SSSR count). The second-order valence-corrected chi connectivity index (χ2v) is 4.79. The SMILES string of the molecule is O=C(Nc1nc2ccccc2n1Cc1ccccc1)C(F)F. The Labute approximate surface area is 125 Å². The topological polar surface area (TPSA) is 46.9 Å². The molecule has 0 aliphatic carbocycles. The summed E-state index contributed by atoms with van der Waals surface area (Å²) in [6, 6.07) is 16.8. The molecule has 2 aromatic carbocycles. The molecule has 0 spiro atoms. The number of nitrogens with zero attached hydrogens (tertiary/aromatic N) is 2. The van der Waals surface area contributed by atoms with Gasteiger partial charge in [-0.25, -0.2) is 4.98 Å². The third kappa shape index (κ3) is 2.81. The molecule has 0 bridgehead atoms. The smallest absolute Gasteiger partial charge is 0.305 e. The van der Waals surface area contributed by atoms with Gasteiger partial charge in [0.15, 0.2) is 0 Å². The zero-order valence-corrected chi connectivity index (χ0v) is 11.5. The Morgan fingerprint density at radius 3 is 2.50 bits per heavy atom. The van der Waals surface area contributed by atoms with Crippen molar-refractivity contribution in [2.45, 2.75) is 13.0 Å². The number of fused-ring (bicyclic) bond motifs is 1. The van der Waals surface area contributed by atoms with Gasteiger partial charge in [-0.05, 0) is 17.7 Å². The highest BCUT2D eigenvalue weighted by Crippen LogP contribution is 2.21. The van der Waals surface area contributed by atoms with E-state index in [0.717, 1.165) is 11.1 Å². The van der Waals surface area contributed by atoms with E-state index in [4.69, 9.17) is 0 Å². The molecule has 0 atom stereocenters. The molecule has 4 nitrogen and oxygen atoms in total. The van der Waals surface area contributed by atoms with Gasteiger partial charge in [-0.1, -0.05) is 42.5 Å². The van der Waals surface area contributed by atoms with Crippen LogP contribution in [0.2, 0.25) is 0 Å². The van der Waals surface area contributed by atoms with Crippen LogP contribution in [0.3, 0.4) is 0 Å². The van der Waals surface area contributed by atoms with Crippen molar-refractivity contribution >= 4 is 22.9 Å². The monoisotopic (exact) mass is 301 g/mol. The number of amides is 1. The highest BCUT2D eigenvalue weighted by molar-refractivity contribution is 5.93. The zero-order valence-electron chi connectivity index (χ0n) is 11.5. The van der Waals surface area contributed by atoms with Crippen LogP contribution >= 0.6 is 0 Å². The average Bonchev–Trinajstić information content (AvgIpc) is 2.86. The quantitative estimate of drug-likeness (QED) is 0.804. The molecular weight excluding hydrogens is 288 g/mol. The second-order valence-electron chi connectivity index (χ2n) is 4.79. The van der Waals surface area contributed by atoms with Gasteiger partial charge in [0.1, 0.15) is 0 Å². The molecule has 0 saturated carbocycles. The number of para-hydroxylation sites is 2. The highest BCUT2D eigenvalue weighted by atomic mass is 19.3. The van der Waals surface area contributed by atoms with Crippen molar-refractivity contribution in [1.29, 1.82) is 0 Å². The summed E-state index contributed by atoms with van der Waals surface area (Å²) in [5.74, 6) is -1.24. The fourth-order valence-electron chi connectivity index (χ4n) is 2.26. The van der Waals surface area contributed by atoms with Crippen molar-refractivity contribution in [2.24, 2.45) is 0 Å². The first-order valence-corrected chi connectivity index (χ1v) is 6.73. The number of hydrogen-bond donors (Lipinski definition) is 1. The molecule has 112 valence electrons. The molecule has 1 amide bonds. The van der Waals surface area contributed by atoms with E-state index in [9.17, 15) is 13.6 Å². The summed E-state index contributed by atoms with van der Waals surface area (Å²) in [5, 5.41) is 2.18. The lowest BCUT2D eigenvalue weighted by Crippen LogP contribution is -2.22. The summed E-state index contributed by atoms with van der Waals surface area (Å²) < 4.78 is 26.7. The summed E-state index contributed by atoms with van der Waals surface area (Å²) in [7, 11) is 0. The molecule has 22 heavy (non-hydrogen) atoms. The summed E-state index contributed by atoms with van der Waals surface area (Å²) in [6.07, 6.45) is -3.08. The predicted molar refractivity (Wildman–Crippen MR) is 79.9 cm³/mol. The van der Waals surface area contributed by atoms with Crippen LogP contribution < -0.4 is 5.32 Å². The molecule has 1 N–H and O–H groups in total. The highest BCUT2D eigenvalue weighted by Gasteiger charge is 2.19. The van der Waals surface area contributed by atoms with Crippen LogP contribution in [0.15, 0.2) is 54.6 Å². The van der Waals surface area contributed by atoms with Crippen LogP contribution in [0, 0.1) is 0 Å². The first kappa shape index (κ1) is 14.2. The van der Waals surface area contributed by atoms with Gasteiger partial charge in [0.2, 0.25) is 5.95 Å². The third-order valence-corrected chi connectivity index (χ3v) is 3.27. The standard InChI is InChI=1S/C16H13F2N3O/c17-14(18)15(22)20-16-19-12-8-4-5-9-13(12)21(16)10-11-6-2-1-3-7-11/h1-9,14H,10H2,(H,19,20,22). The molecule has 1 aromatic heterocycles. The molecule has 0 radical (unpaired) electrons. The summed E-state index contributed by atoms with van der Waals surface area (Å²) >= 11 is 0. The molecule has 1 heterocycles. The van der Waals surface area contributed by atoms with Crippen molar-refractivity contribution in [3.8, 4) is 0 Å². The Morgan fingerprint density at radius 2 is 1.77 bits per heavy atom. The molecule has 0 unspecified atom stereocenters. The molecule has 0 aliphatic heterocycles. The summed E-state index contributed by atoms with van der Waals surface area (Å²) in [6.45, 7) is 0.431. The summed E-state index contributed by atoms with van der Waals surface area (Å²) in [5.41, 5.74) is 2.40. The van der Waals surface area contributed by atoms with Crippen LogP contribution in [-0.2, 0) is 11.3 Å². The first-order chi connectivity index (χ1) is 10.6. The van der Waals surface area contributed by atoms with Gasteiger partial charge < -0.3 is 4.57 Å². The third-order valence-electron chi connectivity index (χ3n) is 3.27. The lowest BCUT2D eigenvalue weighted by molar-refractivity contribution is -0.126.